The lowest BCUT2D eigenvalue weighted by molar-refractivity contribution is -0.326. The molecule has 39 heavy (non-hydrogen) atoms. The average Bonchev–Trinajstić information content (AvgIpc) is 3.08. The van der Waals surface area contributed by atoms with Crippen LogP contribution in [0, 0.1) is 11.3 Å². The van der Waals surface area contributed by atoms with Crippen LogP contribution in [0.1, 0.15) is 74.6 Å². The number of carbonyl (C=O) groups is 3. The zero-order valence-electron chi connectivity index (χ0n) is 22.9. The number of nitrogens with zero attached hydrogens (tertiary/aromatic N) is 1. The smallest absolute Gasteiger partial charge is 0.340 e. The Bertz CT molecular complexity index is 1260. The number of ether oxygens (including phenoxy) is 4. The minimum Gasteiger partial charge on any atom is -0.462 e. The van der Waals surface area contributed by atoms with Gasteiger partial charge in [0.15, 0.2) is 0 Å². The normalized spacial score (nSPS) is 36.4. The minimum atomic E-state index is -1.57. The van der Waals surface area contributed by atoms with Crippen LogP contribution >= 0.6 is 0 Å². The molecular weight excluding hydrogens is 502 g/mol. The number of aliphatic hydroxyl groups is 1. The van der Waals surface area contributed by atoms with Gasteiger partial charge in [0, 0.05) is 25.2 Å². The minimum absolute atomic E-state index is 0.212. The van der Waals surface area contributed by atoms with Gasteiger partial charge < -0.3 is 24.1 Å². The zero-order chi connectivity index (χ0) is 28.2. The number of pyridine rings is 1. The maximum Gasteiger partial charge on any atom is 0.340 e. The second-order valence-electron chi connectivity index (χ2n) is 11.8. The van der Waals surface area contributed by atoms with Crippen molar-refractivity contribution in [3.8, 4) is 0 Å². The molecule has 7 unspecified atom stereocenters. The first-order valence-electron chi connectivity index (χ1n) is 13.3. The van der Waals surface area contributed by atoms with E-state index in [-0.39, 0.29) is 18.4 Å². The number of aromatic nitrogens is 1. The highest BCUT2D eigenvalue weighted by Crippen LogP contribution is 2.68. The SMILES string of the molecule is CC(=O)OC1CCC(C)(O)C23OC(C)(C)C(CC(OC(=O)c4ccccc4)C12C)C3OC(=O)c1cccnc1. The maximum atomic E-state index is 13.4. The van der Waals surface area contributed by atoms with Crippen LogP contribution in [0.25, 0.3) is 0 Å². The van der Waals surface area contributed by atoms with Crippen LogP contribution in [0.5, 0.6) is 0 Å². The fourth-order valence-electron chi connectivity index (χ4n) is 7.23. The number of hydrogen-bond donors (Lipinski definition) is 1. The number of esters is 3. The second-order valence-corrected chi connectivity index (χ2v) is 11.8. The molecule has 1 saturated heterocycles. The van der Waals surface area contributed by atoms with Crippen molar-refractivity contribution in [3.05, 3.63) is 66.0 Å². The zero-order valence-corrected chi connectivity index (χ0v) is 22.9. The second kappa shape index (κ2) is 9.41. The van der Waals surface area contributed by atoms with Gasteiger partial charge in [-0.1, -0.05) is 18.2 Å². The molecule has 9 heteroatoms. The van der Waals surface area contributed by atoms with Crippen molar-refractivity contribution in [1.82, 2.24) is 4.98 Å². The first-order chi connectivity index (χ1) is 18.3. The summed E-state index contributed by atoms with van der Waals surface area (Å²) in [5.74, 6) is -2.09. The number of benzene rings is 1. The lowest BCUT2D eigenvalue weighted by atomic mass is 9.47. The van der Waals surface area contributed by atoms with E-state index in [9.17, 15) is 19.5 Å². The number of rotatable bonds is 5. The molecule has 2 aliphatic carbocycles. The van der Waals surface area contributed by atoms with Crippen LogP contribution in [0.15, 0.2) is 54.9 Å². The fraction of sp³-hybridized carbons (Fsp3) is 0.533. The molecule has 7 atom stereocenters. The molecule has 3 aliphatic rings. The molecule has 3 fully saturated rings. The summed E-state index contributed by atoms with van der Waals surface area (Å²) in [5, 5.41) is 12.1. The van der Waals surface area contributed by atoms with Crippen molar-refractivity contribution >= 4 is 17.9 Å². The molecule has 1 aromatic heterocycles. The van der Waals surface area contributed by atoms with Crippen LogP contribution in [-0.2, 0) is 23.7 Å². The summed E-state index contributed by atoms with van der Waals surface area (Å²) in [7, 11) is 0. The molecule has 1 spiro atoms. The van der Waals surface area contributed by atoms with Crippen molar-refractivity contribution in [2.24, 2.45) is 11.3 Å². The predicted molar refractivity (Wildman–Crippen MR) is 139 cm³/mol. The summed E-state index contributed by atoms with van der Waals surface area (Å²) < 4.78 is 25.1. The van der Waals surface area contributed by atoms with Crippen molar-refractivity contribution < 1.29 is 38.4 Å². The molecule has 1 aliphatic heterocycles. The fourth-order valence-corrected chi connectivity index (χ4v) is 7.23. The van der Waals surface area contributed by atoms with E-state index in [1.165, 1.54) is 13.1 Å². The molecule has 2 heterocycles. The number of fused-ring (bicyclic) bond motifs is 1. The van der Waals surface area contributed by atoms with Gasteiger partial charge in [-0.25, -0.2) is 9.59 Å². The molecule has 0 radical (unpaired) electrons. The molecule has 9 nitrogen and oxygen atoms in total. The van der Waals surface area contributed by atoms with E-state index >= 15 is 0 Å². The van der Waals surface area contributed by atoms with Gasteiger partial charge in [0.2, 0.25) is 0 Å². The summed E-state index contributed by atoms with van der Waals surface area (Å²) in [6.07, 6.45) is 1.24. The Balaban J connectivity index is 1.64. The van der Waals surface area contributed by atoms with Gasteiger partial charge in [0.1, 0.15) is 23.9 Å². The van der Waals surface area contributed by atoms with Crippen LogP contribution in [-0.4, -0.2) is 63.1 Å². The average molecular weight is 538 g/mol. The van der Waals surface area contributed by atoms with Crippen molar-refractivity contribution in [2.75, 3.05) is 0 Å². The summed E-state index contributed by atoms with van der Waals surface area (Å²) >= 11 is 0. The summed E-state index contributed by atoms with van der Waals surface area (Å²) in [6, 6.07) is 11.9. The largest absolute Gasteiger partial charge is 0.462 e. The third-order valence-corrected chi connectivity index (χ3v) is 9.08. The van der Waals surface area contributed by atoms with Gasteiger partial charge in [-0.15, -0.1) is 0 Å². The monoisotopic (exact) mass is 537 g/mol. The molecule has 5 rings (SSSR count). The highest BCUT2D eigenvalue weighted by molar-refractivity contribution is 5.90. The van der Waals surface area contributed by atoms with E-state index in [0.717, 1.165) is 0 Å². The first-order valence-corrected chi connectivity index (χ1v) is 13.3. The van der Waals surface area contributed by atoms with Crippen LogP contribution < -0.4 is 0 Å². The Hall–Kier alpha value is -3.30. The van der Waals surface area contributed by atoms with Crippen LogP contribution in [0.4, 0.5) is 0 Å². The number of carbonyl (C=O) groups excluding carboxylic acids is 3. The molecular formula is C30H35NO8. The standard InChI is InChI=1S/C30H35NO8/c1-18(32)36-22-13-14-28(4,35)30-24(38-26(34)20-12-9-15-31-17-20)21(27(2,3)39-30)16-23(29(22,30)5)37-25(33)19-10-7-6-8-11-19/h6-12,15,17,21-24,35H,13-14,16H2,1-5H3. The maximum absolute atomic E-state index is 13.4. The summed E-state index contributed by atoms with van der Waals surface area (Å²) in [5.41, 5.74) is -4.60. The quantitative estimate of drug-likeness (QED) is 0.447. The Labute approximate surface area is 227 Å². The van der Waals surface area contributed by atoms with E-state index in [1.54, 1.807) is 62.5 Å². The lowest BCUT2D eigenvalue weighted by Crippen LogP contribution is -2.79. The molecule has 1 aromatic carbocycles. The molecule has 2 bridgehead atoms. The Morgan fingerprint density at radius 2 is 1.59 bits per heavy atom. The van der Waals surface area contributed by atoms with Gasteiger partial charge in [-0.2, -0.15) is 0 Å². The van der Waals surface area contributed by atoms with Gasteiger partial charge >= 0.3 is 17.9 Å². The topological polar surface area (TPSA) is 121 Å². The van der Waals surface area contributed by atoms with Gasteiger partial charge in [-0.3, -0.25) is 9.78 Å². The van der Waals surface area contributed by atoms with E-state index in [4.69, 9.17) is 18.9 Å². The summed E-state index contributed by atoms with van der Waals surface area (Å²) in [6.45, 7) is 8.54. The Morgan fingerprint density at radius 3 is 2.23 bits per heavy atom. The Kier molecular flexibility index (Phi) is 6.58. The predicted octanol–water partition coefficient (Wildman–Crippen LogP) is 3.88. The molecule has 1 N–H and O–H groups in total. The Morgan fingerprint density at radius 1 is 0.923 bits per heavy atom. The third-order valence-electron chi connectivity index (χ3n) is 9.08. The lowest BCUT2D eigenvalue weighted by Gasteiger charge is -2.64. The van der Waals surface area contributed by atoms with Gasteiger partial charge in [0.05, 0.1) is 27.7 Å². The van der Waals surface area contributed by atoms with E-state index in [1.807, 2.05) is 13.8 Å². The van der Waals surface area contributed by atoms with Crippen molar-refractivity contribution in [1.29, 1.82) is 0 Å². The van der Waals surface area contributed by atoms with E-state index < -0.39 is 64.4 Å². The molecule has 208 valence electrons. The molecule has 2 saturated carbocycles. The van der Waals surface area contributed by atoms with Crippen molar-refractivity contribution in [3.63, 3.8) is 0 Å². The van der Waals surface area contributed by atoms with E-state index in [0.29, 0.717) is 12.0 Å². The first kappa shape index (κ1) is 27.3. The van der Waals surface area contributed by atoms with Crippen LogP contribution in [0.3, 0.4) is 0 Å². The van der Waals surface area contributed by atoms with E-state index in [2.05, 4.69) is 4.98 Å². The highest BCUT2D eigenvalue weighted by Gasteiger charge is 2.82. The third kappa shape index (κ3) is 4.14. The molecule has 2 aromatic rings. The van der Waals surface area contributed by atoms with Crippen LogP contribution in [0.2, 0.25) is 0 Å². The van der Waals surface area contributed by atoms with Crippen molar-refractivity contribution in [2.45, 2.75) is 89.0 Å². The summed E-state index contributed by atoms with van der Waals surface area (Å²) in [4.78, 5) is 43.0. The van der Waals surface area contributed by atoms with Gasteiger partial charge in [-0.05, 0) is 71.2 Å². The molecule has 0 amide bonds. The van der Waals surface area contributed by atoms with Gasteiger partial charge in [0.25, 0.3) is 0 Å². The highest BCUT2D eigenvalue weighted by atomic mass is 16.6. The number of hydrogen-bond acceptors (Lipinski definition) is 9.